The van der Waals surface area contributed by atoms with Gasteiger partial charge in [-0.2, -0.15) is 0 Å². The zero-order chi connectivity index (χ0) is 10.7. The van der Waals surface area contributed by atoms with Crippen molar-refractivity contribution >= 4 is 33.5 Å². The number of benzene rings is 1. The molecule has 0 aliphatic heterocycles. The molecule has 0 fully saturated rings. The fourth-order valence-electron chi connectivity index (χ4n) is 1.06. The minimum absolute atomic E-state index is 0.0965. The zero-order valence-electron chi connectivity index (χ0n) is 7.88. The van der Waals surface area contributed by atoms with Gasteiger partial charge in [0, 0.05) is 10.5 Å². The van der Waals surface area contributed by atoms with Crippen molar-refractivity contribution in [1.82, 2.24) is 0 Å². The smallest absolute Gasteiger partial charge is 0.147 e. The number of halogens is 2. The van der Waals surface area contributed by atoms with Gasteiger partial charge in [0.05, 0.1) is 0 Å². The topological polar surface area (TPSA) is 17.1 Å². The lowest BCUT2D eigenvalue weighted by Crippen LogP contribution is -2.03. The summed E-state index contributed by atoms with van der Waals surface area (Å²) in [7, 11) is 0. The normalized spacial score (nSPS) is 12.6. The molecule has 0 aromatic heterocycles. The number of rotatable bonds is 3. The van der Waals surface area contributed by atoms with Crippen LogP contribution >= 0.6 is 27.7 Å². The van der Waals surface area contributed by atoms with Crippen LogP contribution in [0.4, 0.5) is 4.39 Å². The first-order valence-corrected chi connectivity index (χ1v) is 6.18. The Labute approximate surface area is 95.2 Å². The molecule has 0 amide bonds. The number of hydrogen-bond acceptors (Lipinski definition) is 2. The zero-order valence-corrected chi connectivity index (χ0v) is 10.3. The summed E-state index contributed by atoms with van der Waals surface area (Å²) in [6.45, 7) is 1.43. The minimum atomic E-state index is -0.543. The minimum Gasteiger partial charge on any atom is -0.298 e. The molecule has 0 saturated carbocycles. The Morgan fingerprint density at radius 1 is 1.57 bits per heavy atom. The third-order valence-corrected chi connectivity index (χ3v) is 3.70. The Hall–Kier alpha value is -0.350. The molecule has 0 aliphatic rings. The number of hydrogen-bond donors (Lipinski definition) is 0. The van der Waals surface area contributed by atoms with Crippen LogP contribution in [0, 0.1) is 5.82 Å². The van der Waals surface area contributed by atoms with Crippen LogP contribution in [0.5, 0.6) is 0 Å². The Morgan fingerprint density at radius 2 is 2.21 bits per heavy atom. The van der Waals surface area contributed by atoms with Crippen molar-refractivity contribution in [1.29, 1.82) is 0 Å². The molecule has 1 unspecified atom stereocenters. The van der Waals surface area contributed by atoms with Gasteiger partial charge in [0.2, 0.25) is 0 Å². The van der Waals surface area contributed by atoms with Crippen LogP contribution in [-0.2, 0) is 4.79 Å². The standard InChI is InChI=1S/C10H10BrFOS/c1-6(13)10(11)8-4-3-7(14-2)5-9(8)12/h3-5,10H,1-2H3. The highest BCUT2D eigenvalue weighted by molar-refractivity contribution is 9.09. The van der Waals surface area contributed by atoms with Gasteiger partial charge in [0.25, 0.3) is 0 Å². The van der Waals surface area contributed by atoms with Gasteiger partial charge >= 0.3 is 0 Å². The molecule has 0 bridgehead atoms. The monoisotopic (exact) mass is 276 g/mol. The molecule has 0 heterocycles. The Balaban J connectivity index is 3.05. The molecule has 0 aliphatic carbocycles. The van der Waals surface area contributed by atoms with Crippen molar-refractivity contribution in [2.45, 2.75) is 16.6 Å². The Morgan fingerprint density at radius 3 is 2.64 bits per heavy atom. The molecule has 76 valence electrons. The van der Waals surface area contributed by atoms with E-state index in [0.29, 0.717) is 5.56 Å². The van der Waals surface area contributed by atoms with E-state index in [2.05, 4.69) is 15.9 Å². The van der Waals surface area contributed by atoms with Crippen molar-refractivity contribution in [3.63, 3.8) is 0 Å². The first-order valence-electron chi connectivity index (χ1n) is 4.04. The van der Waals surface area contributed by atoms with Gasteiger partial charge in [-0.1, -0.05) is 22.0 Å². The van der Waals surface area contributed by atoms with Gasteiger partial charge in [-0.15, -0.1) is 11.8 Å². The second kappa shape index (κ2) is 4.94. The highest BCUT2D eigenvalue weighted by Crippen LogP contribution is 2.28. The maximum Gasteiger partial charge on any atom is 0.147 e. The van der Waals surface area contributed by atoms with E-state index in [4.69, 9.17) is 0 Å². The average molecular weight is 277 g/mol. The molecular weight excluding hydrogens is 267 g/mol. The van der Waals surface area contributed by atoms with Crippen LogP contribution in [0.2, 0.25) is 0 Å². The van der Waals surface area contributed by atoms with Crippen LogP contribution in [0.1, 0.15) is 17.3 Å². The largest absolute Gasteiger partial charge is 0.298 e. The van der Waals surface area contributed by atoms with Gasteiger partial charge in [0.15, 0.2) is 0 Å². The number of carbonyl (C=O) groups excluding carboxylic acids is 1. The number of ketones is 1. The highest BCUT2D eigenvalue weighted by atomic mass is 79.9. The van der Waals surface area contributed by atoms with Gasteiger partial charge in [-0.3, -0.25) is 4.79 Å². The average Bonchev–Trinajstić information content (AvgIpc) is 2.16. The molecular formula is C10H10BrFOS. The van der Waals surface area contributed by atoms with Gasteiger partial charge < -0.3 is 0 Å². The fourth-order valence-corrected chi connectivity index (χ4v) is 1.86. The number of thioether (sulfide) groups is 1. The Kier molecular flexibility index (Phi) is 4.13. The van der Waals surface area contributed by atoms with Gasteiger partial charge in [0.1, 0.15) is 16.4 Å². The van der Waals surface area contributed by atoms with Crippen molar-refractivity contribution in [2.75, 3.05) is 6.26 Å². The summed E-state index contributed by atoms with van der Waals surface area (Å²) in [6, 6.07) is 4.89. The summed E-state index contributed by atoms with van der Waals surface area (Å²) in [5, 5.41) is 0. The van der Waals surface area contributed by atoms with E-state index in [9.17, 15) is 9.18 Å². The van der Waals surface area contributed by atoms with E-state index in [1.807, 2.05) is 6.26 Å². The lowest BCUT2D eigenvalue weighted by molar-refractivity contribution is -0.116. The van der Waals surface area contributed by atoms with Crippen LogP contribution in [0.15, 0.2) is 23.1 Å². The lowest BCUT2D eigenvalue weighted by Gasteiger charge is -2.08. The summed E-state index contributed by atoms with van der Waals surface area (Å²) in [5.74, 6) is -0.435. The SMILES string of the molecule is CSc1ccc(C(Br)C(C)=O)c(F)c1. The van der Waals surface area contributed by atoms with E-state index < -0.39 is 4.83 Å². The van der Waals surface area contributed by atoms with Crippen LogP contribution < -0.4 is 0 Å². The molecule has 1 rings (SSSR count). The van der Waals surface area contributed by atoms with Crippen molar-refractivity contribution in [3.05, 3.63) is 29.6 Å². The molecule has 4 heteroatoms. The maximum atomic E-state index is 13.5. The van der Waals surface area contributed by atoms with Gasteiger partial charge in [-0.25, -0.2) is 4.39 Å². The number of carbonyl (C=O) groups is 1. The van der Waals surface area contributed by atoms with Crippen LogP contribution in [-0.4, -0.2) is 12.0 Å². The lowest BCUT2D eigenvalue weighted by atomic mass is 10.1. The van der Waals surface area contributed by atoms with Crippen molar-refractivity contribution in [3.8, 4) is 0 Å². The van der Waals surface area contributed by atoms with E-state index in [0.717, 1.165) is 4.90 Å². The van der Waals surface area contributed by atoms with Gasteiger partial charge in [-0.05, 0) is 25.3 Å². The first-order chi connectivity index (χ1) is 6.56. The fraction of sp³-hybridized carbons (Fsp3) is 0.300. The van der Waals surface area contributed by atoms with E-state index >= 15 is 0 Å². The molecule has 14 heavy (non-hydrogen) atoms. The summed E-state index contributed by atoms with van der Waals surface area (Å²) in [6.07, 6.45) is 1.88. The van der Waals surface area contributed by atoms with Crippen molar-refractivity contribution in [2.24, 2.45) is 0 Å². The van der Waals surface area contributed by atoms with E-state index in [1.54, 1.807) is 12.1 Å². The molecule has 0 saturated heterocycles. The Bertz CT molecular complexity index is 354. The number of Topliss-reactive ketones (excluding diaryl/α,β-unsaturated/α-hetero) is 1. The molecule has 0 N–H and O–H groups in total. The predicted octanol–water partition coefficient (Wildman–Crippen LogP) is 3.57. The molecule has 1 nitrogen and oxygen atoms in total. The van der Waals surface area contributed by atoms with Crippen LogP contribution in [0.25, 0.3) is 0 Å². The maximum absolute atomic E-state index is 13.5. The summed E-state index contributed by atoms with van der Waals surface area (Å²) >= 11 is 4.62. The number of alkyl halides is 1. The molecule has 0 spiro atoms. The first kappa shape index (κ1) is 11.7. The second-order valence-electron chi connectivity index (χ2n) is 2.86. The molecule has 1 aromatic carbocycles. The highest BCUT2D eigenvalue weighted by Gasteiger charge is 2.16. The molecule has 1 aromatic rings. The van der Waals surface area contributed by atoms with E-state index in [1.165, 1.54) is 24.8 Å². The van der Waals surface area contributed by atoms with Crippen LogP contribution in [0.3, 0.4) is 0 Å². The quantitative estimate of drug-likeness (QED) is 0.620. The summed E-state index contributed by atoms with van der Waals surface area (Å²) in [4.78, 5) is 11.3. The second-order valence-corrected chi connectivity index (χ2v) is 4.66. The summed E-state index contributed by atoms with van der Waals surface area (Å²) in [5.41, 5.74) is 0.398. The van der Waals surface area contributed by atoms with Crippen molar-refractivity contribution < 1.29 is 9.18 Å². The summed E-state index contributed by atoms with van der Waals surface area (Å²) < 4.78 is 13.5. The molecule has 1 atom stereocenters. The predicted molar refractivity (Wildman–Crippen MR) is 60.5 cm³/mol. The molecule has 0 radical (unpaired) electrons. The third-order valence-electron chi connectivity index (χ3n) is 1.84. The third kappa shape index (κ3) is 2.58. The van der Waals surface area contributed by atoms with E-state index in [-0.39, 0.29) is 11.6 Å².